The topological polar surface area (TPSA) is 69.7 Å². The van der Waals surface area contributed by atoms with Gasteiger partial charge in [-0.3, -0.25) is 14.4 Å². The van der Waals surface area contributed by atoms with Crippen molar-refractivity contribution in [3.8, 4) is 0 Å². The second kappa shape index (κ2) is 6.73. The van der Waals surface area contributed by atoms with Crippen LogP contribution in [-0.4, -0.2) is 59.2 Å². The molecule has 2 saturated heterocycles. The molecule has 0 aromatic rings. The third-order valence-electron chi connectivity index (χ3n) is 5.84. The summed E-state index contributed by atoms with van der Waals surface area (Å²) in [5.41, 5.74) is -0.431. The second-order valence-electron chi connectivity index (χ2n) is 7.70. The highest BCUT2D eigenvalue weighted by atomic mass is 16.2. The lowest BCUT2D eigenvalue weighted by Gasteiger charge is -2.55. The molecular formula is C18H29N3O3. The minimum Gasteiger partial charge on any atom is -0.354 e. The van der Waals surface area contributed by atoms with Crippen LogP contribution in [0.2, 0.25) is 0 Å². The van der Waals surface area contributed by atoms with Crippen LogP contribution >= 0.6 is 0 Å². The summed E-state index contributed by atoms with van der Waals surface area (Å²) in [6.45, 7) is 6.06. The molecule has 3 amide bonds. The van der Waals surface area contributed by atoms with E-state index < -0.39 is 5.41 Å². The van der Waals surface area contributed by atoms with Crippen LogP contribution in [0.5, 0.6) is 0 Å². The molecule has 3 fully saturated rings. The number of nitrogens with one attached hydrogen (secondary N) is 1. The monoisotopic (exact) mass is 335 g/mol. The average molecular weight is 335 g/mol. The lowest BCUT2D eigenvalue weighted by molar-refractivity contribution is -0.181. The minimum absolute atomic E-state index is 0.0158. The number of nitrogens with zero attached hydrogens (tertiary/aromatic N) is 2. The molecule has 2 aliphatic heterocycles. The maximum Gasteiger partial charge on any atom is 0.243 e. The zero-order chi connectivity index (χ0) is 17.3. The zero-order valence-corrected chi connectivity index (χ0v) is 14.8. The molecule has 1 unspecified atom stereocenters. The zero-order valence-electron chi connectivity index (χ0n) is 14.8. The van der Waals surface area contributed by atoms with Crippen molar-refractivity contribution in [1.82, 2.24) is 15.1 Å². The van der Waals surface area contributed by atoms with E-state index in [1.165, 1.54) is 0 Å². The van der Waals surface area contributed by atoms with E-state index in [4.69, 9.17) is 0 Å². The van der Waals surface area contributed by atoms with Crippen molar-refractivity contribution >= 4 is 17.7 Å². The lowest BCUT2D eigenvalue weighted by Crippen LogP contribution is -2.74. The van der Waals surface area contributed by atoms with Crippen LogP contribution in [0.25, 0.3) is 0 Å². The Labute approximate surface area is 143 Å². The molecule has 6 nitrogen and oxygen atoms in total. The number of rotatable bonds is 6. The molecule has 0 aromatic carbocycles. The van der Waals surface area contributed by atoms with E-state index in [0.717, 1.165) is 45.1 Å². The molecule has 0 bridgehead atoms. The summed E-state index contributed by atoms with van der Waals surface area (Å²) in [6.07, 6.45) is 6.14. The fourth-order valence-corrected chi connectivity index (χ4v) is 4.61. The predicted octanol–water partition coefficient (Wildman–Crippen LogP) is 1.29. The van der Waals surface area contributed by atoms with Crippen molar-refractivity contribution in [3.05, 3.63) is 0 Å². The number of hydrogen-bond donors (Lipinski definition) is 1. The largest absolute Gasteiger partial charge is 0.354 e. The van der Waals surface area contributed by atoms with Gasteiger partial charge in [-0.2, -0.15) is 0 Å². The van der Waals surface area contributed by atoms with Crippen molar-refractivity contribution in [2.24, 2.45) is 5.41 Å². The van der Waals surface area contributed by atoms with Crippen molar-refractivity contribution in [3.63, 3.8) is 0 Å². The van der Waals surface area contributed by atoms with Gasteiger partial charge in [-0.05, 0) is 39.5 Å². The molecule has 134 valence electrons. The molecule has 1 saturated carbocycles. The predicted molar refractivity (Wildman–Crippen MR) is 90.1 cm³/mol. The van der Waals surface area contributed by atoms with Crippen LogP contribution in [0.3, 0.4) is 0 Å². The van der Waals surface area contributed by atoms with Gasteiger partial charge in [0.25, 0.3) is 0 Å². The SMILES string of the molecule is CC(C)N1C(=O)C2(CCCC2)C1C(=O)NCCCN1CCCC1=O. The lowest BCUT2D eigenvalue weighted by atomic mass is 9.68. The van der Waals surface area contributed by atoms with Crippen molar-refractivity contribution in [2.45, 2.75) is 70.9 Å². The van der Waals surface area contributed by atoms with Gasteiger partial charge in [-0.15, -0.1) is 0 Å². The number of carbonyl (C=O) groups is 3. The summed E-state index contributed by atoms with van der Waals surface area (Å²) >= 11 is 0. The summed E-state index contributed by atoms with van der Waals surface area (Å²) in [5, 5.41) is 3.01. The van der Waals surface area contributed by atoms with Crippen LogP contribution in [0.1, 0.15) is 58.8 Å². The van der Waals surface area contributed by atoms with Crippen LogP contribution in [0, 0.1) is 5.41 Å². The van der Waals surface area contributed by atoms with E-state index in [2.05, 4.69) is 5.32 Å². The summed E-state index contributed by atoms with van der Waals surface area (Å²) in [7, 11) is 0. The van der Waals surface area contributed by atoms with Gasteiger partial charge in [0.1, 0.15) is 6.04 Å². The molecule has 6 heteroatoms. The van der Waals surface area contributed by atoms with E-state index in [-0.39, 0.29) is 29.8 Å². The quantitative estimate of drug-likeness (QED) is 0.587. The fraction of sp³-hybridized carbons (Fsp3) is 0.833. The van der Waals surface area contributed by atoms with Gasteiger partial charge < -0.3 is 15.1 Å². The van der Waals surface area contributed by atoms with Gasteiger partial charge in [-0.1, -0.05) is 12.8 Å². The highest BCUT2D eigenvalue weighted by Gasteiger charge is 2.64. The minimum atomic E-state index is -0.431. The summed E-state index contributed by atoms with van der Waals surface area (Å²) in [6, 6.07) is -0.248. The Bertz CT molecular complexity index is 526. The van der Waals surface area contributed by atoms with Crippen LogP contribution in [0.4, 0.5) is 0 Å². The molecule has 1 N–H and O–H groups in total. The number of amides is 3. The summed E-state index contributed by atoms with van der Waals surface area (Å²) in [4.78, 5) is 40.5. The van der Waals surface area contributed by atoms with Gasteiger partial charge in [-0.25, -0.2) is 0 Å². The van der Waals surface area contributed by atoms with Gasteiger partial charge in [0.2, 0.25) is 17.7 Å². The molecule has 1 aliphatic carbocycles. The highest BCUT2D eigenvalue weighted by molar-refractivity contribution is 6.02. The molecule has 3 rings (SSSR count). The smallest absolute Gasteiger partial charge is 0.243 e. The van der Waals surface area contributed by atoms with Gasteiger partial charge >= 0.3 is 0 Å². The third kappa shape index (κ3) is 2.80. The van der Waals surface area contributed by atoms with E-state index >= 15 is 0 Å². The van der Waals surface area contributed by atoms with Crippen molar-refractivity contribution in [1.29, 1.82) is 0 Å². The molecule has 0 radical (unpaired) electrons. The van der Waals surface area contributed by atoms with E-state index in [1.54, 1.807) is 4.90 Å². The van der Waals surface area contributed by atoms with Gasteiger partial charge in [0, 0.05) is 32.1 Å². The van der Waals surface area contributed by atoms with Crippen molar-refractivity contribution in [2.75, 3.05) is 19.6 Å². The Morgan fingerprint density at radius 3 is 2.54 bits per heavy atom. The Morgan fingerprint density at radius 1 is 1.25 bits per heavy atom. The van der Waals surface area contributed by atoms with E-state index in [9.17, 15) is 14.4 Å². The molecule has 24 heavy (non-hydrogen) atoms. The average Bonchev–Trinajstić information content (AvgIpc) is 3.18. The number of carbonyl (C=O) groups excluding carboxylic acids is 3. The van der Waals surface area contributed by atoms with Gasteiger partial charge in [0.05, 0.1) is 5.41 Å². The first kappa shape index (κ1) is 17.2. The normalized spacial score (nSPS) is 25.7. The Morgan fingerprint density at radius 2 is 1.96 bits per heavy atom. The number of likely N-dealkylation sites (tertiary alicyclic amines) is 2. The molecule has 1 spiro atoms. The first-order valence-corrected chi connectivity index (χ1v) is 9.35. The standard InChI is InChI=1S/C18H29N3O3/c1-13(2)21-15(18(17(21)24)8-3-4-9-18)16(23)19-10-6-12-20-11-5-7-14(20)22/h13,15H,3-12H2,1-2H3,(H,19,23). The molecular weight excluding hydrogens is 306 g/mol. The Balaban J connectivity index is 1.52. The van der Waals surface area contributed by atoms with Crippen LogP contribution < -0.4 is 5.32 Å². The first-order chi connectivity index (χ1) is 11.5. The maximum absolute atomic E-state index is 12.7. The molecule has 0 aromatic heterocycles. The molecule has 3 aliphatic rings. The van der Waals surface area contributed by atoms with Gasteiger partial charge in [0.15, 0.2) is 0 Å². The first-order valence-electron chi connectivity index (χ1n) is 9.35. The summed E-state index contributed by atoms with van der Waals surface area (Å²) in [5.74, 6) is 0.373. The highest BCUT2D eigenvalue weighted by Crippen LogP contribution is 2.52. The van der Waals surface area contributed by atoms with Crippen LogP contribution in [-0.2, 0) is 14.4 Å². The third-order valence-corrected chi connectivity index (χ3v) is 5.84. The van der Waals surface area contributed by atoms with E-state index in [0.29, 0.717) is 19.5 Å². The Hall–Kier alpha value is -1.59. The van der Waals surface area contributed by atoms with Crippen LogP contribution in [0.15, 0.2) is 0 Å². The Kier molecular flexibility index (Phi) is 4.83. The fourth-order valence-electron chi connectivity index (χ4n) is 4.61. The molecule has 2 heterocycles. The maximum atomic E-state index is 12.7. The number of β-lactam (4-membered cyclic amide) rings is 1. The number of hydrogen-bond acceptors (Lipinski definition) is 3. The second-order valence-corrected chi connectivity index (χ2v) is 7.70. The summed E-state index contributed by atoms with van der Waals surface area (Å²) < 4.78 is 0. The van der Waals surface area contributed by atoms with E-state index in [1.807, 2.05) is 18.7 Å². The van der Waals surface area contributed by atoms with Crippen molar-refractivity contribution < 1.29 is 14.4 Å². The molecule has 1 atom stereocenters.